The van der Waals surface area contributed by atoms with E-state index in [0.29, 0.717) is 0 Å². The van der Waals surface area contributed by atoms with Crippen molar-refractivity contribution in [3.8, 4) is 0 Å². The van der Waals surface area contributed by atoms with Crippen molar-refractivity contribution in [1.82, 2.24) is 0 Å². The molecule has 0 unspecified atom stereocenters. The molecule has 0 atom stereocenters. The lowest BCUT2D eigenvalue weighted by molar-refractivity contribution is 0.595. The maximum Gasteiger partial charge on any atom is 0.207 e. The Balaban J connectivity index is 2.27. The first kappa shape index (κ1) is 25.6. The van der Waals surface area contributed by atoms with E-state index in [9.17, 15) is 25.3 Å². The largest absolute Gasteiger partial charge is 0.223 e. The van der Waals surface area contributed by atoms with Crippen LogP contribution < -0.4 is 0 Å². The van der Waals surface area contributed by atoms with Gasteiger partial charge in [0.05, 0.1) is 30.2 Å². The van der Waals surface area contributed by atoms with Gasteiger partial charge in [0, 0.05) is 0 Å². The lowest BCUT2D eigenvalue weighted by Gasteiger charge is -2.16. The van der Waals surface area contributed by atoms with E-state index in [1.807, 2.05) is 0 Å². The van der Waals surface area contributed by atoms with E-state index in [2.05, 4.69) is 0 Å². The summed E-state index contributed by atoms with van der Waals surface area (Å²) in [5.41, 5.74) is 0.215. The predicted octanol–water partition coefficient (Wildman–Crippen LogP) is 4.59. The molecule has 0 radical (unpaired) electrons. The van der Waals surface area contributed by atoms with Crippen molar-refractivity contribution in [2.45, 2.75) is 28.5 Å². The third-order valence-electron chi connectivity index (χ3n) is 4.93. The Morgan fingerprint density at radius 1 is 0.588 bits per heavy atom. The van der Waals surface area contributed by atoms with Crippen molar-refractivity contribution in [2.75, 3.05) is 5.75 Å². The molecular formula is C25H24O6S3. The fourth-order valence-electron chi connectivity index (χ4n) is 3.33. The molecule has 0 amide bonds. The summed E-state index contributed by atoms with van der Waals surface area (Å²) in [4.78, 5) is -1.23. The van der Waals surface area contributed by atoms with E-state index < -0.39 is 45.1 Å². The molecule has 0 spiro atoms. The summed E-state index contributed by atoms with van der Waals surface area (Å²) in [6.45, 7) is 2.96. The van der Waals surface area contributed by atoms with Gasteiger partial charge in [-0.1, -0.05) is 60.2 Å². The SMILES string of the molecule is CC(C)=C(/C(=C\CS(=O)(=O)c1ccccc1)S(=O)(=O)c1ccccc1)S(=O)(=O)c1ccccc1. The molecule has 0 aliphatic heterocycles. The number of hydrogen-bond donors (Lipinski definition) is 0. The zero-order chi connectivity index (χ0) is 25.0. The summed E-state index contributed by atoms with van der Waals surface area (Å²) in [5, 5.41) is 0. The molecule has 178 valence electrons. The van der Waals surface area contributed by atoms with Crippen molar-refractivity contribution >= 4 is 29.5 Å². The summed E-state index contributed by atoms with van der Waals surface area (Å²) < 4.78 is 80.3. The normalized spacial score (nSPS) is 12.8. The topological polar surface area (TPSA) is 102 Å². The fourth-order valence-corrected chi connectivity index (χ4v) is 8.40. The zero-order valence-electron chi connectivity index (χ0n) is 18.6. The molecule has 0 aliphatic carbocycles. The van der Waals surface area contributed by atoms with Gasteiger partial charge in [-0.15, -0.1) is 0 Å². The number of hydrogen-bond acceptors (Lipinski definition) is 6. The first-order chi connectivity index (χ1) is 16.0. The van der Waals surface area contributed by atoms with E-state index in [-0.39, 0.29) is 20.3 Å². The van der Waals surface area contributed by atoms with Crippen LogP contribution in [0.4, 0.5) is 0 Å². The van der Waals surface area contributed by atoms with Crippen LogP contribution in [0.5, 0.6) is 0 Å². The average Bonchev–Trinajstić information content (AvgIpc) is 2.82. The van der Waals surface area contributed by atoms with Crippen molar-refractivity contribution in [2.24, 2.45) is 0 Å². The van der Waals surface area contributed by atoms with E-state index in [1.54, 1.807) is 30.3 Å². The van der Waals surface area contributed by atoms with Gasteiger partial charge in [0.1, 0.15) is 0 Å². The molecule has 3 aromatic carbocycles. The lowest BCUT2D eigenvalue weighted by atomic mass is 10.3. The second kappa shape index (κ2) is 10.1. The second-order valence-corrected chi connectivity index (χ2v) is 13.5. The Morgan fingerprint density at radius 2 is 0.971 bits per heavy atom. The van der Waals surface area contributed by atoms with Crippen molar-refractivity contribution in [3.05, 3.63) is 112 Å². The Kier molecular flexibility index (Phi) is 7.60. The summed E-state index contributed by atoms with van der Waals surface area (Å²) >= 11 is 0. The highest BCUT2D eigenvalue weighted by atomic mass is 32.2. The third-order valence-corrected chi connectivity index (χ3v) is 10.6. The molecular weight excluding hydrogens is 492 g/mol. The molecule has 9 heteroatoms. The van der Waals surface area contributed by atoms with Crippen LogP contribution in [-0.4, -0.2) is 31.0 Å². The van der Waals surface area contributed by atoms with E-state index in [0.717, 1.165) is 6.08 Å². The standard InChI is InChI=1S/C25H24O6S3/c1-20(2)25(34(30,31)23-16-10-5-11-17-23)24(33(28,29)22-14-8-4-9-15-22)18-19-32(26,27)21-12-6-3-7-13-21/h3-18H,19H2,1-2H3/b24-18+. The van der Waals surface area contributed by atoms with Crippen molar-refractivity contribution in [3.63, 3.8) is 0 Å². The maximum absolute atomic E-state index is 13.6. The van der Waals surface area contributed by atoms with Gasteiger partial charge in [0.25, 0.3) is 0 Å². The predicted molar refractivity (Wildman–Crippen MR) is 132 cm³/mol. The number of rotatable bonds is 8. The van der Waals surface area contributed by atoms with Crippen LogP contribution in [0.1, 0.15) is 13.8 Å². The van der Waals surface area contributed by atoms with Crippen molar-refractivity contribution in [1.29, 1.82) is 0 Å². The van der Waals surface area contributed by atoms with Gasteiger partial charge < -0.3 is 0 Å². The molecule has 0 aliphatic rings. The van der Waals surface area contributed by atoms with E-state index in [1.165, 1.54) is 74.5 Å². The molecule has 6 nitrogen and oxygen atoms in total. The minimum atomic E-state index is -4.38. The number of allylic oxidation sites excluding steroid dienone is 1. The van der Waals surface area contributed by atoms with Crippen LogP contribution in [0.25, 0.3) is 0 Å². The molecule has 0 saturated heterocycles. The van der Waals surface area contributed by atoms with Crippen molar-refractivity contribution < 1.29 is 25.3 Å². The Morgan fingerprint density at radius 3 is 1.38 bits per heavy atom. The van der Waals surface area contributed by atoms with Gasteiger partial charge in [0.15, 0.2) is 9.84 Å². The average molecular weight is 517 g/mol. The molecule has 0 bridgehead atoms. The zero-order valence-corrected chi connectivity index (χ0v) is 21.1. The Labute approximate surface area is 201 Å². The van der Waals surface area contributed by atoms with Crippen LogP contribution >= 0.6 is 0 Å². The summed E-state index contributed by atoms with van der Waals surface area (Å²) in [7, 11) is -12.6. The molecule has 34 heavy (non-hydrogen) atoms. The van der Waals surface area contributed by atoms with Gasteiger partial charge in [-0.3, -0.25) is 0 Å². The van der Waals surface area contributed by atoms with Gasteiger partial charge >= 0.3 is 0 Å². The fraction of sp³-hybridized carbons (Fsp3) is 0.120. The van der Waals surface area contributed by atoms with Crippen LogP contribution in [0.15, 0.2) is 127 Å². The third kappa shape index (κ3) is 5.38. The molecule has 0 fully saturated rings. The van der Waals surface area contributed by atoms with Crippen LogP contribution in [0, 0.1) is 0 Å². The van der Waals surface area contributed by atoms with Crippen LogP contribution in [-0.2, 0) is 29.5 Å². The molecule has 0 heterocycles. The van der Waals surface area contributed by atoms with Crippen LogP contribution in [0.3, 0.4) is 0 Å². The minimum absolute atomic E-state index is 0.00683. The molecule has 0 N–H and O–H groups in total. The number of benzene rings is 3. The highest BCUT2D eigenvalue weighted by Crippen LogP contribution is 2.34. The smallest absolute Gasteiger partial charge is 0.207 e. The number of sulfone groups is 3. The van der Waals surface area contributed by atoms with E-state index >= 15 is 0 Å². The van der Waals surface area contributed by atoms with Gasteiger partial charge in [-0.25, -0.2) is 25.3 Å². The monoisotopic (exact) mass is 516 g/mol. The first-order valence-corrected chi connectivity index (χ1v) is 14.9. The van der Waals surface area contributed by atoms with Gasteiger partial charge in [0.2, 0.25) is 19.7 Å². The Hall–Kier alpha value is -3.01. The highest BCUT2D eigenvalue weighted by molar-refractivity contribution is 8.00. The lowest BCUT2D eigenvalue weighted by Crippen LogP contribution is -2.17. The summed E-state index contributed by atoms with van der Waals surface area (Å²) in [5.74, 6) is -0.695. The van der Waals surface area contributed by atoms with E-state index in [4.69, 9.17) is 0 Å². The molecule has 0 saturated carbocycles. The highest BCUT2D eigenvalue weighted by Gasteiger charge is 2.34. The maximum atomic E-state index is 13.6. The molecule has 3 aromatic rings. The second-order valence-electron chi connectivity index (χ2n) is 7.62. The summed E-state index contributed by atoms with van der Waals surface area (Å²) in [6, 6.07) is 22.3. The molecule has 0 aromatic heterocycles. The summed E-state index contributed by atoms with van der Waals surface area (Å²) in [6.07, 6.45) is 0.980. The quantitative estimate of drug-likeness (QED) is 0.406. The molecule has 3 rings (SSSR count). The minimum Gasteiger partial charge on any atom is -0.223 e. The van der Waals surface area contributed by atoms with Gasteiger partial charge in [-0.2, -0.15) is 0 Å². The Bertz CT molecular complexity index is 1530. The van der Waals surface area contributed by atoms with Crippen LogP contribution in [0.2, 0.25) is 0 Å². The van der Waals surface area contributed by atoms with Gasteiger partial charge in [-0.05, 0) is 56.3 Å². The first-order valence-electron chi connectivity index (χ1n) is 10.2.